The Hall–Kier alpha value is -1.61. The van der Waals surface area contributed by atoms with Crippen LogP contribution in [-0.4, -0.2) is 22.8 Å². The number of hydrogen-bond donors (Lipinski definition) is 1. The SMILES string of the molecule is CCCC(Cl)CNC(=O)c1ccc2ncccc2c1. The van der Waals surface area contributed by atoms with Crippen molar-refractivity contribution in [2.75, 3.05) is 6.54 Å². The number of fused-ring (bicyclic) bond motifs is 1. The maximum atomic E-state index is 12.0. The van der Waals surface area contributed by atoms with Crippen molar-refractivity contribution >= 4 is 28.4 Å². The smallest absolute Gasteiger partial charge is 0.251 e. The summed E-state index contributed by atoms with van der Waals surface area (Å²) >= 11 is 6.08. The van der Waals surface area contributed by atoms with E-state index in [0.29, 0.717) is 12.1 Å². The van der Waals surface area contributed by atoms with Gasteiger partial charge in [0.1, 0.15) is 0 Å². The zero-order valence-corrected chi connectivity index (χ0v) is 11.7. The first kappa shape index (κ1) is 13.8. The summed E-state index contributed by atoms with van der Waals surface area (Å²) in [6.07, 6.45) is 3.67. The van der Waals surface area contributed by atoms with Gasteiger partial charge in [-0.3, -0.25) is 9.78 Å². The number of benzene rings is 1. The van der Waals surface area contributed by atoms with Crippen LogP contribution in [0.25, 0.3) is 10.9 Å². The molecule has 4 heteroatoms. The lowest BCUT2D eigenvalue weighted by Gasteiger charge is -2.10. The maximum absolute atomic E-state index is 12.0. The highest BCUT2D eigenvalue weighted by atomic mass is 35.5. The molecule has 1 aromatic carbocycles. The lowest BCUT2D eigenvalue weighted by atomic mass is 10.1. The highest BCUT2D eigenvalue weighted by molar-refractivity contribution is 6.20. The molecule has 2 aromatic rings. The highest BCUT2D eigenvalue weighted by Gasteiger charge is 2.09. The van der Waals surface area contributed by atoms with E-state index in [1.165, 1.54) is 0 Å². The van der Waals surface area contributed by atoms with Gasteiger partial charge in [0.15, 0.2) is 0 Å². The monoisotopic (exact) mass is 276 g/mol. The third-order valence-corrected chi connectivity index (χ3v) is 3.32. The number of alkyl halides is 1. The number of carbonyl (C=O) groups excluding carboxylic acids is 1. The summed E-state index contributed by atoms with van der Waals surface area (Å²) in [6, 6.07) is 9.30. The Morgan fingerprint density at radius 3 is 3.05 bits per heavy atom. The Morgan fingerprint density at radius 2 is 2.26 bits per heavy atom. The summed E-state index contributed by atoms with van der Waals surface area (Å²) in [4.78, 5) is 16.2. The minimum Gasteiger partial charge on any atom is -0.351 e. The number of nitrogens with one attached hydrogen (secondary N) is 1. The van der Waals surface area contributed by atoms with Crippen LogP contribution in [0.2, 0.25) is 0 Å². The van der Waals surface area contributed by atoms with Crippen molar-refractivity contribution in [1.82, 2.24) is 10.3 Å². The van der Waals surface area contributed by atoms with Gasteiger partial charge in [0, 0.05) is 23.7 Å². The van der Waals surface area contributed by atoms with E-state index in [9.17, 15) is 4.79 Å². The number of hydrogen-bond acceptors (Lipinski definition) is 2. The van der Waals surface area contributed by atoms with E-state index in [-0.39, 0.29) is 11.3 Å². The van der Waals surface area contributed by atoms with Crippen molar-refractivity contribution < 1.29 is 4.79 Å². The quantitative estimate of drug-likeness (QED) is 0.851. The van der Waals surface area contributed by atoms with E-state index in [2.05, 4.69) is 17.2 Å². The van der Waals surface area contributed by atoms with Gasteiger partial charge in [-0.05, 0) is 30.7 Å². The van der Waals surface area contributed by atoms with Gasteiger partial charge in [-0.15, -0.1) is 11.6 Å². The molecule has 100 valence electrons. The molecule has 3 nitrogen and oxygen atoms in total. The molecule has 1 N–H and O–H groups in total. The summed E-state index contributed by atoms with van der Waals surface area (Å²) in [5, 5.41) is 3.82. The average Bonchev–Trinajstić information content (AvgIpc) is 2.44. The number of rotatable bonds is 5. The average molecular weight is 277 g/mol. The van der Waals surface area contributed by atoms with Gasteiger partial charge in [-0.25, -0.2) is 0 Å². The number of amides is 1. The number of pyridine rings is 1. The second-order valence-electron chi connectivity index (χ2n) is 4.51. The molecule has 0 radical (unpaired) electrons. The molecule has 0 fully saturated rings. The number of nitrogens with zero attached hydrogens (tertiary/aromatic N) is 1. The number of halogens is 1. The van der Waals surface area contributed by atoms with E-state index in [1.807, 2.05) is 24.3 Å². The van der Waals surface area contributed by atoms with E-state index in [4.69, 9.17) is 11.6 Å². The molecule has 1 heterocycles. The van der Waals surface area contributed by atoms with Crippen molar-refractivity contribution in [3.63, 3.8) is 0 Å². The van der Waals surface area contributed by atoms with E-state index in [1.54, 1.807) is 12.3 Å². The van der Waals surface area contributed by atoms with Crippen LogP contribution in [0.1, 0.15) is 30.1 Å². The van der Waals surface area contributed by atoms with Gasteiger partial charge in [-0.1, -0.05) is 19.4 Å². The summed E-state index contributed by atoms with van der Waals surface area (Å²) in [7, 11) is 0. The van der Waals surface area contributed by atoms with Crippen LogP contribution >= 0.6 is 11.6 Å². The zero-order chi connectivity index (χ0) is 13.7. The predicted molar refractivity (Wildman–Crippen MR) is 78.6 cm³/mol. The predicted octanol–water partition coefficient (Wildman–Crippen LogP) is 3.37. The minimum absolute atomic E-state index is 0.00364. The minimum atomic E-state index is -0.0903. The third kappa shape index (κ3) is 3.67. The van der Waals surface area contributed by atoms with Crippen LogP contribution < -0.4 is 5.32 Å². The van der Waals surface area contributed by atoms with Crippen molar-refractivity contribution in [3.05, 3.63) is 42.1 Å². The molecular weight excluding hydrogens is 260 g/mol. The first-order chi connectivity index (χ1) is 9.20. The molecular formula is C15H17ClN2O. The molecule has 2 rings (SSSR count). The van der Waals surface area contributed by atoms with Crippen LogP contribution in [0.15, 0.2) is 36.5 Å². The van der Waals surface area contributed by atoms with E-state index < -0.39 is 0 Å². The van der Waals surface area contributed by atoms with Gasteiger partial charge in [0.25, 0.3) is 5.91 Å². The molecule has 0 bridgehead atoms. The van der Waals surface area contributed by atoms with E-state index in [0.717, 1.165) is 23.7 Å². The fourth-order valence-corrected chi connectivity index (χ4v) is 2.23. The van der Waals surface area contributed by atoms with Gasteiger partial charge in [0.2, 0.25) is 0 Å². The molecule has 1 amide bonds. The lowest BCUT2D eigenvalue weighted by molar-refractivity contribution is 0.0953. The topological polar surface area (TPSA) is 42.0 Å². The van der Waals surface area contributed by atoms with Crippen molar-refractivity contribution in [1.29, 1.82) is 0 Å². The third-order valence-electron chi connectivity index (χ3n) is 2.95. The highest BCUT2D eigenvalue weighted by Crippen LogP contribution is 2.13. The molecule has 0 saturated heterocycles. The molecule has 19 heavy (non-hydrogen) atoms. The molecule has 1 aromatic heterocycles. The van der Waals surface area contributed by atoms with Crippen LogP contribution in [0.5, 0.6) is 0 Å². The molecule has 0 aliphatic heterocycles. The number of aromatic nitrogens is 1. The lowest BCUT2D eigenvalue weighted by Crippen LogP contribution is -2.29. The first-order valence-electron chi connectivity index (χ1n) is 6.47. The van der Waals surface area contributed by atoms with Gasteiger partial charge in [-0.2, -0.15) is 0 Å². The summed E-state index contributed by atoms with van der Waals surface area (Å²) in [6.45, 7) is 2.58. The Kier molecular flexibility index (Phi) is 4.74. The summed E-state index contributed by atoms with van der Waals surface area (Å²) in [5.41, 5.74) is 1.53. The second-order valence-corrected chi connectivity index (χ2v) is 5.12. The normalized spacial score (nSPS) is 12.3. The standard InChI is InChI=1S/C15H17ClN2O/c1-2-4-13(16)10-18-15(19)12-6-7-14-11(9-12)5-3-8-17-14/h3,5-9,13H,2,4,10H2,1H3,(H,18,19). The van der Waals surface area contributed by atoms with Crippen LogP contribution in [0.3, 0.4) is 0 Å². The Bertz CT molecular complexity index is 571. The molecule has 0 aliphatic carbocycles. The number of carbonyl (C=O) groups is 1. The molecule has 0 aliphatic rings. The summed E-state index contributed by atoms with van der Waals surface area (Å²) in [5.74, 6) is -0.0903. The zero-order valence-electron chi connectivity index (χ0n) is 10.9. The second kappa shape index (κ2) is 6.53. The van der Waals surface area contributed by atoms with Crippen molar-refractivity contribution in [2.45, 2.75) is 25.1 Å². The maximum Gasteiger partial charge on any atom is 0.251 e. The molecule has 0 saturated carbocycles. The van der Waals surface area contributed by atoms with Crippen molar-refractivity contribution in [3.8, 4) is 0 Å². The van der Waals surface area contributed by atoms with Gasteiger partial charge < -0.3 is 5.32 Å². The van der Waals surface area contributed by atoms with Gasteiger partial charge >= 0.3 is 0 Å². The van der Waals surface area contributed by atoms with Crippen LogP contribution in [0, 0.1) is 0 Å². The van der Waals surface area contributed by atoms with Crippen molar-refractivity contribution in [2.24, 2.45) is 0 Å². The van der Waals surface area contributed by atoms with Gasteiger partial charge in [0.05, 0.1) is 10.9 Å². The first-order valence-corrected chi connectivity index (χ1v) is 6.91. The Labute approximate surface area is 118 Å². The Morgan fingerprint density at radius 1 is 1.42 bits per heavy atom. The van der Waals surface area contributed by atoms with Crippen LogP contribution in [-0.2, 0) is 0 Å². The Balaban J connectivity index is 2.05. The molecule has 0 spiro atoms. The molecule has 1 atom stereocenters. The molecule has 1 unspecified atom stereocenters. The fraction of sp³-hybridized carbons (Fsp3) is 0.333. The largest absolute Gasteiger partial charge is 0.351 e. The van der Waals surface area contributed by atoms with Crippen LogP contribution in [0.4, 0.5) is 0 Å². The summed E-state index contributed by atoms with van der Waals surface area (Å²) < 4.78 is 0. The van der Waals surface area contributed by atoms with E-state index >= 15 is 0 Å². The fourth-order valence-electron chi connectivity index (χ4n) is 1.94.